The molecule has 0 bridgehead atoms. The third kappa shape index (κ3) is 11.6. The first kappa shape index (κ1) is 70.2. The molecule has 0 aromatic carbocycles. The molecule has 4 aliphatic heterocycles. The summed E-state index contributed by atoms with van der Waals surface area (Å²) in [5.41, 5.74) is -3.33. The molecular formula is C63H98O26. The first-order valence-corrected chi connectivity index (χ1v) is 31.4. The first-order valence-electron chi connectivity index (χ1n) is 31.4. The van der Waals surface area contributed by atoms with E-state index < -0.39 is 217 Å². The van der Waals surface area contributed by atoms with Crippen LogP contribution in [0.5, 0.6) is 0 Å². The van der Waals surface area contributed by atoms with Crippen molar-refractivity contribution in [2.75, 3.05) is 19.8 Å². The molecule has 26 heteroatoms. The van der Waals surface area contributed by atoms with E-state index >= 15 is 0 Å². The fourth-order valence-electron chi connectivity index (χ4n) is 17.6. The van der Waals surface area contributed by atoms with Crippen LogP contribution in [-0.4, -0.2) is 245 Å². The molecule has 506 valence electrons. The summed E-state index contributed by atoms with van der Waals surface area (Å²) >= 11 is 0. The number of fused-ring (bicyclic) bond motifs is 7. The number of carbonyl (C=O) groups is 3. The fourth-order valence-corrected chi connectivity index (χ4v) is 17.6. The van der Waals surface area contributed by atoms with E-state index in [1.165, 1.54) is 13.0 Å². The Morgan fingerprint density at radius 3 is 1.72 bits per heavy atom. The van der Waals surface area contributed by atoms with Gasteiger partial charge in [-0.2, -0.15) is 0 Å². The standard InChI is InChI=1S/C63H98O26/c1-13-26(3)52(78)84-44-28(5)80-56(43(74)46(44)85-53(79)27(4)14-2)89-50-49(75)63(25-66)30(21-58(50,6)7)29-15-16-34-60(10)19-18-36(59(8,9)33(60)17-20-61(34,11)62(29,12)22-35(63)67)83-57-48(88-55-41(72)39(70)37(68)31(23-64)81-55)45(42(73)47(87-57)51(76)77)86-54-40(71)38(69)32(24-65)82-54/h13-15,28,30-50,54-57,64-75H,16-25H2,1-12H3,(H,76,77)/b26-13-,27-14-/t28?,30?,31?,32-,33?,34?,35+,36-,37-,38?,39?,40?,41?,42-,43?,44-,45?,46?,47?,48?,49-,50-,54-,55-,56-,57+,60-,61+,62+,63-/m0/s1. The van der Waals surface area contributed by atoms with Gasteiger partial charge < -0.3 is 114 Å². The predicted octanol–water partition coefficient (Wildman–Crippen LogP) is 0.144. The van der Waals surface area contributed by atoms with Gasteiger partial charge in [-0.3, -0.25) is 0 Å². The molecule has 0 radical (unpaired) electrons. The maximum atomic E-state index is 13.3. The summed E-state index contributed by atoms with van der Waals surface area (Å²) in [6.07, 6.45) is -28.5. The van der Waals surface area contributed by atoms with Crippen LogP contribution in [0.3, 0.4) is 0 Å². The molecule has 5 aliphatic carbocycles. The molecule has 0 aromatic rings. The van der Waals surface area contributed by atoms with Crippen molar-refractivity contribution in [2.45, 2.75) is 269 Å². The average Bonchev–Trinajstić information content (AvgIpc) is 0.921. The quantitative estimate of drug-likeness (QED) is 0.0423. The second kappa shape index (κ2) is 25.9. The molecule has 14 unspecified atom stereocenters. The van der Waals surface area contributed by atoms with Crippen molar-refractivity contribution in [3.8, 4) is 0 Å². The van der Waals surface area contributed by atoms with Crippen LogP contribution in [0.25, 0.3) is 0 Å². The van der Waals surface area contributed by atoms with E-state index in [1.807, 2.05) is 27.7 Å². The van der Waals surface area contributed by atoms with E-state index in [0.29, 0.717) is 38.5 Å². The Labute approximate surface area is 518 Å². The van der Waals surface area contributed by atoms with Gasteiger partial charge in [0.2, 0.25) is 0 Å². The predicted molar refractivity (Wildman–Crippen MR) is 307 cm³/mol. The number of aliphatic hydroxyl groups excluding tert-OH is 12. The molecule has 4 saturated carbocycles. The van der Waals surface area contributed by atoms with E-state index in [0.717, 1.165) is 5.57 Å². The summed E-state index contributed by atoms with van der Waals surface area (Å²) < 4.78 is 61.1. The third-order valence-electron chi connectivity index (χ3n) is 23.3. The van der Waals surface area contributed by atoms with Crippen molar-refractivity contribution in [2.24, 2.45) is 50.2 Å². The summed E-state index contributed by atoms with van der Waals surface area (Å²) in [7, 11) is 0. The molecule has 0 aromatic heterocycles. The lowest BCUT2D eigenvalue weighted by atomic mass is 9.33. The highest BCUT2D eigenvalue weighted by Crippen LogP contribution is 2.76. The Balaban J connectivity index is 0.986. The van der Waals surface area contributed by atoms with E-state index in [2.05, 4.69) is 26.8 Å². The van der Waals surface area contributed by atoms with Gasteiger partial charge >= 0.3 is 17.9 Å². The number of ether oxygens (including phenoxy) is 10. The smallest absolute Gasteiger partial charge is 0.335 e. The number of carboxylic acid groups (broad SMARTS) is 1. The SMILES string of the molecule is C/C=C(/C)C(=O)OC1C(O)[C@H](O[C@H]2[C@H](O)[C@@]3(CO)C(CC2(C)C)C2=CCC4[C@@]5(C)CC[C@H](O[C@@H]6OC(C(=O)O)[C@@H](O)C(O[C@@H]7O[C@@H](CO)C(O)C7O)C6O[C@@H]6OC(CO)[C@H](O)C(O)C6O)C(C)(C)C5CC[C@@]4(C)[C@]2(C)C[C@H]3O)OC(C)[C@@H]1OC(=O)/C(C)=C\C. The minimum Gasteiger partial charge on any atom is -0.479 e. The van der Waals surface area contributed by atoms with Gasteiger partial charge in [0, 0.05) is 11.1 Å². The van der Waals surface area contributed by atoms with Crippen molar-refractivity contribution < 1.29 is 128 Å². The van der Waals surface area contributed by atoms with Crippen molar-refractivity contribution in [3.05, 3.63) is 34.9 Å². The molecule has 0 spiro atoms. The van der Waals surface area contributed by atoms with Gasteiger partial charge in [-0.25, -0.2) is 14.4 Å². The van der Waals surface area contributed by atoms with E-state index in [1.54, 1.807) is 33.8 Å². The lowest BCUT2D eigenvalue weighted by Crippen LogP contribution is -2.72. The van der Waals surface area contributed by atoms with Crippen LogP contribution < -0.4 is 0 Å². The number of esters is 2. The summed E-state index contributed by atoms with van der Waals surface area (Å²) in [5.74, 6) is -3.81. The van der Waals surface area contributed by atoms with Gasteiger partial charge in [-0.05, 0) is 124 Å². The van der Waals surface area contributed by atoms with Crippen LogP contribution in [0, 0.1) is 50.2 Å². The molecule has 0 amide bonds. The van der Waals surface area contributed by atoms with Crippen molar-refractivity contribution >= 4 is 17.9 Å². The fraction of sp³-hybridized carbons (Fsp3) is 0.857. The Bertz CT molecular complexity index is 2660. The van der Waals surface area contributed by atoms with Gasteiger partial charge in [0.1, 0.15) is 67.1 Å². The number of carbonyl (C=O) groups excluding carboxylic acids is 2. The molecule has 8 fully saturated rings. The molecule has 4 saturated heterocycles. The number of hydrogen-bond donors (Lipinski definition) is 13. The van der Waals surface area contributed by atoms with Gasteiger partial charge in [-0.15, -0.1) is 0 Å². The Hall–Kier alpha value is -3.17. The zero-order valence-electron chi connectivity index (χ0n) is 52.9. The van der Waals surface area contributed by atoms with E-state index in [-0.39, 0.29) is 29.4 Å². The molecule has 9 rings (SSSR count). The average molecular weight is 1270 g/mol. The number of carboxylic acids is 1. The second-order valence-corrected chi connectivity index (χ2v) is 28.8. The summed E-state index contributed by atoms with van der Waals surface area (Å²) in [6, 6.07) is 0. The molecule has 13 N–H and O–H groups in total. The van der Waals surface area contributed by atoms with Crippen LogP contribution >= 0.6 is 0 Å². The van der Waals surface area contributed by atoms with Crippen LogP contribution in [0.15, 0.2) is 34.9 Å². The monoisotopic (exact) mass is 1270 g/mol. The minimum absolute atomic E-state index is 0.0156. The van der Waals surface area contributed by atoms with E-state index in [9.17, 15) is 80.8 Å². The maximum absolute atomic E-state index is 13.3. The van der Waals surface area contributed by atoms with Crippen LogP contribution in [0.2, 0.25) is 0 Å². The summed E-state index contributed by atoms with van der Waals surface area (Å²) in [4.78, 5) is 39.3. The highest BCUT2D eigenvalue weighted by molar-refractivity contribution is 5.88. The summed E-state index contributed by atoms with van der Waals surface area (Å²) in [5, 5.41) is 146. The largest absolute Gasteiger partial charge is 0.479 e. The topological polar surface area (TPSA) is 407 Å². The van der Waals surface area contributed by atoms with Gasteiger partial charge in [0.25, 0.3) is 0 Å². The molecular weight excluding hydrogens is 1170 g/mol. The maximum Gasteiger partial charge on any atom is 0.335 e. The Morgan fingerprint density at radius 2 is 1.16 bits per heavy atom. The summed E-state index contributed by atoms with van der Waals surface area (Å²) in [6.45, 7) is 20.4. The number of aliphatic carboxylic acids is 1. The molecule has 89 heavy (non-hydrogen) atoms. The molecule has 9 aliphatic rings. The number of hydrogen-bond acceptors (Lipinski definition) is 25. The second-order valence-electron chi connectivity index (χ2n) is 28.8. The zero-order chi connectivity index (χ0) is 65.7. The Morgan fingerprint density at radius 1 is 0.607 bits per heavy atom. The van der Waals surface area contributed by atoms with Gasteiger partial charge in [0.15, 0.2) is 43.5 Å². The molecule has 30 atom stereocenters. The van der Waals surface area contributed by atoms with Crippen molar-refractivity contribution in [3.63, 3.8) is 0 Å². The first-order chi connectivity index (χ1) is 41.6. The molecule has 26 nitrogen and oxygen atoms in total. The minimum atomic E-state index is -2.12. The lowest BCUT2D eigenvalue weighted by Gasteiger charge is -2.72. The van der Waals surface area contributed by atoms with Crippen molar-refractivity contribution in [1.29, 1.82) is 0 Å². The highest BCUT2D eigenvalue weighted by Gasteiger charge is 2.73. The van der Waals surface area contributed by atoms with Crippen molar-refractivity contribution in [1.82, 2.24) is 0 Å². The molecule has 4 heterocycles. The lowest BCUT2D eigenvalue weighted by molar-refractivity contribution is -0.386. The highest BCUT2D eigenvalue weighted by atomic mass is 16.8. The number of allylic oxidation sites excluding steroid dienone is 4. The number of aliphatic hydroxyl groups is 12. The normalized spacial score (nSPS) is 49.7. The van der Waals surface area contributed by atoms with Crippen LogP contribution in [-0.2, 0) is 61.8 Å². The van der Waals surface area contributed by atoms with Crippen LogP contribution in [0.4, 0.5) is 0 Å². The van der Waals surface area contributed by atoms with Gasteiger partial charge in [-0.1, -0.05) is 72.3 Å². The zero-order valence-corrected chi connectivity index (χ0v) is 52.9. The third-order valence-corrected chi connectivity index (χ3v) is 23.3. The van der Waals surface area contributed by atoms with Gasteiger partial charge in [0.05, 0.1) is 55.8 Å². The van der Waals surface area contributed by atoms with E-state index in [4.69, 9.17) is 47.4 Å². The Kier molecular flexibility index (Phi) is 20.4. The van der Waals surface area contributed by atoms with Crippen LogP contribution in [0.1, 0.15) is 128 Å². The number of rotatable bonds is 16.